The quantitative estimate of drug-likeness (QED) is 0.709. The van der Waals surface area contributed by atoms with Crippen LogP contribution in [0.3, 0.4) is 0 Å². The van der Waals surface area contributed by atoms with Crippen molar-refractivity contribution in [2.75, 3.05) is 38.8 Å². The molecule has 6 heteroatoms. The van der Waals surface area contributed by atoms with Gasteiger partial charge in [-0.05, 0) is 25.9 Å². The van der Waals surface area contributed by atoms with Crippen molar-refractivity contribution in [3.63, 3.8) is 0 Å². The molecular weight excluding hydrogens is 260 g/mol. The van der Waals surface area contributed by atoms with Gasteiger partial charge in [0.05, 0.1) is 5.75 Å². The van der Waals surface area contributed by atoms with E-state index in [0.717, 1.165) is 0 Å². The number of halogens is 1. The van der Waals surface area contributed by atoms with E-state index in [1.807, 2.05) is 21.0 Å². The second-order valence-corrected chi connectivity index (χ2v) is 7.69. The Bertz CT molecular complexity index is 345. The summed E-state index contributed by atoms with van der Waals surface area (Å²) in [6.07, 6.45) is 0. The first-order valence-electron chi connectivity index (χ1n) is 5.98. The van der Waals surface area contributed by atoms with Gasteiger partial charge in [-0.25, -0.2) is 12.7 Å². The molecule has 0 saturated carbocycles. The molecule has 0 amide bonds. The third-order valence-corrected chi connectivity index (χ3v) is 5.96. The van der Waals surface area contributed by atoms with Crippen LogP contribution >= 0.6 is 11.6 Å². The fraction of sp³-hybridized carbons (Fsp3) is 1.00. The second kappa shape index (κ2) is 5.87. The minimum Gasteiger partial charge on any atom is -0.305 e. The zero-order valence-corrected chi connectivity index (χ0v) is 12.6. The first-order chi connectivity index (χ1) is 7.77. The maximum atomic E-state index is 12.2. The van der Waals surface area contributed by atoms with Gasteiger partial charge in [0.25, 0.3) is 0 Å². The monoisotopic (exact) mass is 282 g/mol. The summed E-state index contributed by atoms with van der Waals surface area (Å²) in [5.41, 5.74) is 0. The molecule has 1 fully saturated rings. The van der Waals surface area contributed by atoms with E-state index in [1.54, 1.807) is 4.31 Å². The molecule has 3 unspecified atom stereocenters. The number of rotatable bonds is 5. The lowest BCUT2D eigenvalue weighted by molar-refractivity contribution is 0.263. The topological polar surface area (TPSA) is 40.6 Å². The summed E-state index contributed by atoms with van der Waals surface area (Å²) in [6, 6.07) is 0.316. The molecule has 1 heterocycles. The Morgan fingerprint density at radius 2 is 2.00 bits per heavy atom. The zero-order valence-electron chi connectivity index (χ0n) is 11.1. The SMILES string of the molecule is CC(CCl)CS(=O)(=O)N1CC(C)C(N(C)C)C1. The summed E-state index contributed by atoms with van der Waals surface area (Å²) in [6.45, 7) is 5.20. The first kappa shape index (κ1) is 15.2. The molecule has 0 aromatic heterocycles. The molecule has 1 saturated heterocycles. The van der Waals surface area contributed by atoms with Crippen LogP contribution in [0, 0.1) is 11.8 Å². The fourth-order valence-corrected chi connectivity index (χ4v) is 4.44. The largest absolute Gasteiger partial charge is 0.305 e. The van der Waals surface area contributed by atoms with E-state index >= 15 is 0 Å². The summed E-state index contributed by atoms with van der Waals surface area (Å²) in [4.78, 5) is 2.10. The average Bonchev–Trinajstić information content (AvgIpc) is 2.60. The minimum atomic E-state index is -3.15. The van der Waals surface area contributed by atoms with E-state index in [2.05, 4.69) is 11.8 Å². The Kier molecular flexibility index (Phi) is 5.25. The number of sulfonamides is 1. The molecular formula is C11H23ClN2O2S. The van der Waals surface area contributed by atoms with E-state index in [1.165, 1.54) is 0 Å². The van der Waals surface area contributed by atoms with Crippen molar-refractivity contribution in [2.45, 2.75) is 19.9 Å². The molecule has 0 aliphatic carbocycles. The molecule has 4 nitrogen and oxygen atoms in total. The van der Waals surface area contributed by atoms with Crippen LogP contribution in [0.1, 0.15) is 13.8 Å². The van der Waals surface area contributed by atoms with Crippen LogP contribution in [0.5, 0.6) is 0 Å². The lowest BCUT2D eigenvalue weighted by Crippen LogP contribution is -2.37. The Morgan fingerprint density at radius 3 is 2.41 bits per heavy atom. The molecule has 1 aliphatic heterocycles. The van der Waals surface area contributed by atoms with Gasteiger partial charge in [0.15, 0.2) is 0 Å². The van der Waals surface area contributed by atoms with Crippen molar-refractivity contribution in [3.8, 4) is 0 Å². The van der Waals surface area contributed by atoms with Crippen LogP contribution in [0.15, 0.2) is 0 Å². The van der Waals surface area contributed by atoms with Crippen molar-refractivity contribution >= 4 is 21.6 Å². The zero-order chi connectivity index (χ0) is 13.2. The highest BCUT2D eigenvalue weighted by Gasteiger charge is 2.37. The molecule has 0 radical (unpaired) electrons. The van der Waals surface area contributed by atoms with Gasteiger partial charge >= 0.3 is 0 Å². The Hall–Kier alpha value is 0.160. The number of hydrogen-bond acceptors (Lipinski definition) is 3. The van der Waals surface area contributed by atoms with Gasteiger partial charge in [-0.2, -0.15) is 0 Å². The predicted molar refractivity (Wildman–Crippen MR) is 71.9 cm³/mol. The summed E-state index contributed by atoms with van der Waals surface area (Å²) in [7, 11) is 0.849. The fourth-order valence-electron chi connectivity index (χ4n) is 2.31. The lowest BCUT2D eigenvalue weighted by Gasteiger charge is -2.22. The van der Waals surface area contributed by atoms with Gasteiger partial charge in [-0.1, -0.05) is 13.8 Å². The molecule has 3 atom stereocenters. The van der Waals surface area contributed by atoms with E-state index in [4.69, 9.17) is 11.6 Å². The smallest absolute Gasteiger partial charge is 0.214 e. The van der Waals surface area contributed by atoms with Gasteiger partial charge in [0.2, 0.25) is 10.0 Å². The summed E-state index contributed by atoms with van der Waals surface area (Å²) < 4.78 is 25.9. The standard InChI is InChI=1S/C11H23ClN2O2S/c1-9(5-12)8-17(15,16)14-6-10(2)11(7-14)13(3)4/h9-11H,5-8H2,1-4H3. The molecule has 1 rings (SSSR count). The van der Waals surface area contributed by atoms with Crippen molar-refractivity contribution < 1.29 is 8.42 Å². The molecule has 0 aromatic carbocycles. The molecule has 17 heavy (non-hydrogen) atoms. The normalized spacial score (nSPS) is 28.8. The average molecular weight is 283 g/mol. The van der Waals surface area contributed by atoms with Crippen LogP contribution < -0.4 is 0 Å². The van der Waals surface area contributed by atoms with E-state index in [-0.39, 0.29) is 11.7 Å². The Balaban J connectivity index is 2.69. The van der Waals surface area contributed by atoms with E-state index in [9.17, 15) is 8.42 Å². The molecule has 0 aromatic rings. The Morgan fingerprint density at radius 1 is 1.41 bits per heavy atom. The van der Waals surface area contributed by atoms with Gasteiger partial charge in [0.1, 0.15) is 0 Å². The predicted octanol–water partition coefficient (Wildman–Crippen LogP) is 1.07. The van der Waals surface area contributed by atoms with Crippen molar-refractivity contribution in [1.82, 2.24) is 9.21 Å². The third kappa shape index (κ3) is 3.81. The Labute approximate surface area is 110 Å². The van der Waals surface area contributed by atoms with E-state index in [0.29, 0.717) is 30.9 Å². The maximum Gasteiger partial charge on any atom is 0.214 e. The maximum absolute atomic E-state index is 12.2. The minimum absolute atomic E-state index is 0.00961. The summed E-state index contributed by atoms with van der Waals surface area (Å²) in [5, 5.41) is 0. The van der Waals surface area contributed by atoms with Gasteiger partial charge < -0.3 is 4.90 Å². The van der Waals surface area contributed by atoms with E-state index < -0.39 is 10.0 Å². The highest BCUT2D eigenvalue weighted by Crippen LogP contribution is 2.23. The first-order valence-corrected chi connectivity index (χ1v) is 8.12. The summed E-state index contributed by atoms with van der Waals surface area (Å²) >= 11 is 5.68. The van der Waals surface area contributed by atoms with Crippen molar-refractivity contribution in [3.05, 3.63) is 0 Å². The van der Waals surface area contributed by atoms with Gasteiger partial charge in [-0.3, -0.25) is 0 Å². The summed E-state index contributed by atoms with van der Waals surface area (Å²) in [5.74, 6) is 0.935. The molecule has 0 spiro atoms. The number of alkyl halides is 1. The van der Waals surface area contributed by atoms with Crippen molar-refractivity contribution in [2.24, 2.45) is 11.8 Å². The molecule has 0 bridgehead atoms. The van der Waals surface area contributed by atoms with Crippen LogP contribution in [0.25, 0.3) is 0 Å². The number of nitrogens with zero attached hydrogens (tertiary/aromatic N) is 2. The van der Waals surface area contributed by atoms with Gasteiger partial charge in [0, 0.05) is 25.0 Å². The second-order valence-electron chi connectivity index (χ2n) is 5.36. The molecule has 0 N–H and O–H groups in total. The van der Waals surface area contributed by atoms with Crippen molar-refractivity contribution in [1.29, 1.82) is 0 Å². The van der Waals surface area contributed by atoms with Crippen LogP contribution in [-0.2, 0) is 10.0 Å². The number of likely N-dealkylation sites (N-methyl/N-ethyl adjacent to an activating group) is 1. The van der Waals surface area contributed by atoms with Crippen LogP contribution in [0.2, 0.25) is 0 Å². The van der Waals surface area contributed by atoms with Crippen LogP contribution in [-0.4, -0.2) is 62.5 Å². The van der Waals surface area contributed by atoms with Gasteiger partial charge in [-0.15, -0.1) is 11.6 Å². The highest BCUT2D eigenvalue weighted by molar-refractivity contribution is 7.89. The third-order valence-electron chi connectivity index (χ3n) is 3.35. The lowest BCUT2D eigenvalue weighted by atomic mass is 10.1. The molecule has 102 valence electrons. The number of hydrogen-bond donors (Lipinski definition) is 0. The van der Waals surface area contributed by atoms with Crippen LogP contribution in [0.4, 0.5) is 0 Å². The molecule has 1 aliphatic rings. The highest BCUT2D eigenvalue weighted by atomic mass is 35.5.